The van der Waals surface area contributed by atoms with E-state index in [2.05, 4.69) is 9.97 Å². The summed E-state index contributed by atoms with van der Waals surface area (Å²) in [6.45, 7) is 2.63. The molecule has 0 saturated heterocycles. The van der Waals surface area contributed by atoms with Crippen molar-refractivity contribution in [1.29, 1.82) is 5.41 Å². The summed E-state index contributed by atoms with van der Waals surface area (Å²) in [4.78, 5) is 10.5. The number of nitrogens with two attached hydrogens (primary N) is 1. The van der Waals surface area contributed by atoms with Crippen LogP contribution < -0.4 is 10.6 Å². The Labute approximate surface area is 112 Å². The predicted molar refractivity (Wildman–Crippen MR) is 76.3 cm³/mol. The number of amidine groups is 1. The predicted octanol–water partition coefficient (Wildman–Crippen LogP) is 1.71. The average molecular weight is 255 g/mol. The van der Waals surface area contributed by atoms with Crippen molar-refractivity contribution in [2.24, 2.45) is 5.73 Å². The summed E-state index contributed by atoms with van der Waals surface area (Å²) >= 11 is 0. The van der Waals surface area contributed by atoms with Crippen molar-refractivity contribution in [2.75, 3.05) is 11.9 Å². The van der Waals surface area contributed by atoms with Crippen LogP contribution in [0, 0.1) is 12.3 Å². The van der Waals surface area contributed by atoms with E-state index in [9.17, 15) is 0 Å². The van der Waals surface area contributed by atoms with E-state index in [1.54, 1.807) is 12.4 Å². The van der Waals surface area contributed by atoms with Crippen molar-refractivity contribution in [3.05, 3.63) is 53.5 Å². The maximum absolute atomic E-state index is 7.51. The molecule has 0 amide bonds. The Morgan fingerprint density at radius 2 is 2.00 bits per heavy atom. The van der Waals surface area contributed by atoms with E-state index >= 15 is 0 Å². The lowest BCUT2D eigenvalue weighted by Gasteiger charge is -2.19. The Hall–Kier alpha value is -2.43. The van der Waals surface area contributed by atoms with E-state index in [0.29, 0.717) is 5.56 Å². The number of aromatic nitrogens is 2. The minimum atomic E-state index is 0.0593. The van der Waals surface area contributed by atoms with Gasteiger partial charge >= 0.3 is 0 Å². The van der Waals surface area contributed by atoms with Crippen molar-refractivity contribution >= 4 is 11.7 Å². The smallest absolute Gasteiger partial charge is 0.129 e. The molecule has 0 aromatic carbocycles. The van der Waals surface area contributed by atoms with Gasteiger partial charge in [-0.2, -0.15) is 0 Å². The van der Waals surface area contributed by atoms with Crippen molar-refractivity contribution < 1.29 is 0 Å². The molecule has 0 unspecified atom stereocenters. The van der Waals surface area contributed by atoms with Crippen LogP contribution in [0.4, 0.5) is 5.82 Å². The minimum Gasteiger partial charge on any atom is -0.384 e. The third kappa shape index (κ3) is 3.28. The zero-order chi connectivity index (χ0) is 13.8. The molecule has 2 rings (SSSR count). The van der Waals surface area contributed by atoms with Gasteiger partial charge in [-0.3, -0.25) is 10.4 Å². The number of aryl methyl sites for hydroxylation is 1. The highest BCUT2D eigenvalue weighted by Gasteiger charge is 2.07. The molecule has 0 bridgehead atoms. The standard InChI is InChI=1S/C14H17N5/c1-10-7-12(14(15)16)8-13(18-10)19(2)9-11-3-5-17-6-4-11/h3-8H,9H2,1-2H3,(H3,15,16). The first-order valence-corrected chi connectivity index (χ1v) is 5.99. The maximum Gasteiger partial charge on any atom is 0.129 e. The second-order valence-corrected chi connectivity index (χ2v) is 4.48. The Bertz CT molecular complexity index is 580. The van der Waals surface area contributed by atoms with E-state index in [0.717, 1.165) is 23.6 Å². The number of nitrogen functional groups attached to an aromatic ring is 1. The SMILES string of the molecule is Cc1cc(C(=N)N)cc(N(C)Cc2ccncc2)n1. The largest absolute Gasteiger partial charge is 0.384 e. The topological polar surface area (TPSA) is 78.9 Å². The van der Waals surface area contributed by atoms with Gasteiger partial charge in [0.15, 0.2) is 0 Å². The van der Waals surface area contributed by atoms with Gasteiger partial charge in [0, 0.05) is 37.2 Å². The van der Waals surface area contributed by atoms with E-state index in [4.69, 9.17) is 11.1 Å². The molecule has 0 radical (unpaired) electrons. The lowest BCUT2D eigenvalue weighted by molar-refractivity contribution is 0.889. The van der Waals surface area contributed by atoms with Gasteiger partial charge in [0.25, 0.3) is 0 Å². The van der Waals surface area contributed by atoms with E-state index in [1.807, 2.05) is 43.1 Å². The molecule has 2 aromatic heterocycles. The summed E-state index contributed by atoms with van der Waals surface area (Å²) in [5, 5.41) is 7.51. The van der Waals surface area contributed by atoms with E-state index < -0.39 is 0 Å². The quantitative estimate of drug-likeness (QED) is 0.644. The van der Waals surface area contributed by atoms with Crippen LogP contribution in [0.2, 0.25) is 0 Å². The van der Waals surface area contributed by atoms with Crippen LogP contribution in [0.5, 0.6) is 0 Å². The summed E-state index contributed by atoms with van der Waals surface area (Å²) in [5.41, 5.74) is 8.24. The minimum absolute atomic E-state index is 0.0593. The van der Waals surface area contributed by atoms with Gasteiger partial charge in [-0.1, -0.05) is 0 Å². The Kier molecular flexibility index (Phi) is 3.75. The van der Waals surface area contributed by atoms with Crippen LogP contribution in [0.3, 0.4) is 0 Å². The highest BCUT2D eigenvalue weighted by molar-refractivity contribution is 5.95. The molecule has 0 fully saturated rings. The number of nitrogens with zero attached hydrogens (tertiary/aromatic N) is 3. The zero-order valence-corrected chi connectivity index (χ0v) is 11.1. The van der Waals surface area contributed by atoms with Gasteiger partial charge in [0.1, 0.15) is 11.7 Å². The average Bonchev–Trinajstić information content (AvgIpc) is 2.39. The molecule has 5 heteroatoms. The third-order valence-corrected chi connectivity index (χ3v) is 2.81. The molecular weight excluding hydrogens is 238 g/mol. The molecular formula is C14H17N5. The molecule has 0 atom stereocenters. The van der Waals surface area contributed by atoms with Crippen molar-refractivity contribution in [2.45, 2.75) is 13.5 Å². The van der Waals surface area contributed by atoms with E-state index in [1.165, 1.54) is 0 Å². The summed E-state index contributed by atoms with van der Waals surface area (Å²) in [6, 6.07) is 7.58. The maximum atomic E-state index is 7.51. The van der Waals surface area contributed by atoms with Crippen molar-refractivity contribution in [1.82, 2.24) is 9.97 Å². The molecule has 98 valence electrons. The van der Waals surface area contributed by atoms with Gasteiger partial charge in [-0.25, -0.2) is 4.98 Å². The van der Waals surface area contributed by atoms with E-state index in [-0.39, 0.29) is 5.84 Å². The van der Waals surface area contributed by atoms with Crippen LogP contribution in [-0.2, 0) is 6.54 Å². The number of hydrogen-bond acceptors (Lipinski definition) is 4. The summed E-state index contributed by atoms with van der Waals surface area (Å²) in [5.74, 6) is 0.867. The molecule has 0 aliphatic carbocycles. The van der Waals surface area contributed by atoms with Crippen molar-refractivity contribution in [3.8, 4) is 0 Å². The first-order valence-electron chi connectivity index (χ1n) is 5.99. The van der Waals surface area contributed by atoms with Gasteiger partial charge in [0.2, 0.25) is 0 Å². The first-order chi connectivity index (χ1) is 9.06. The lowest BCUT2D eigenvalue weighted by atomic mass is 10.2. The van der Waals surface area contributed by atoms with Crippen LogP contribution in [0.25, 0.3) is 0 Å². The van der Waals surface area contributed by atoms with Crippen LogP contribution in [0.1, 0.15) is 16.8 Å². The number of hydrogen-bond donors (Lipinski definition) is 2. The molecule has 0 saturated carbocycles. The van der Waals surface area contributed by atoms with Crippen LogP contribution >= 0.6 is 0 Å². The molecule has 0 spiro atoms. The second-order valence-electron chi connectivity index (χ2n) is 4.48. The third-order valence-electron chi connectivity index (χ3n) is 2.81. The number of anilines is 1. The van der Waals surface area contributed by atoms with Gasteiger partial charge in [0.05, 0.1) is 0 Å². The summed E-state index contributed by atoms with van der Waals surface area (Å²) < 4.78 is 0. The fraction of sp³-hybridized carbons (Fsp3) is 0.214. The summed E-state index contributed by atoms with van der Waals surface area (Å²) in [7, 11) is 1.96. The van der Waals surface area contributed by atoms with Gasteiger partial charge < -0.3 is 10.6 Å². The Morgan fingerprint density at radius 1 is 1.32 bits per heavy atom. The van der Waals surface area contributed by atoms with Crippen LogP contribution in [0.15, 0.2) is 36.7 Å². The Morgan fingerprint density at radius 3 is 2.63 bits per heavy atom. The number of pyridine rings is 2. The molecule has 0 aliphatic rings. The lowest BCUT2D eigenvalue weighted by Crippen LogP contribution is -2.20. The van der Waals surface area contributed by atoms with Crippen molar-refractivity contribution in [3.63, 3.8) is 0 Å². The molecule has 5 nitrogen and oxygen atoms in total. The molecule has 2 heterocycles. The monoisotopic (exact) mass is 255 g/mol. The normalized spacial score (nSPS) is 10.2. The molecule has 2 aromatic rings. The zero-order valence-electron chi connectivity index (χ0n) is 11.1. The summed E-state index contributed by atoms with van der Waals surface area (Å²) in [6.07, 6.45) is 3.54. The number of nitrogens with one attached hydrogen (secondary N) is 1. The van der Waals surface area contributed by atoms with Gasteiger partial charge in [-0.05, 0) is 36.8 Å². The fourth-order valence-electron chi connectivity index (χ4n) is 1.85. The molecule has 0 aliphatic heterocycles. The fourth-order valence-corrected chi connectivity index (χ4v) is 1.85. The Balaban J connectivity index is 2.24. The second kappa shape index (κ2) is 5.48. The molecule has 3 N–H and O–H groups in total. The highest BCUT2D eigenvalue weighted by Crippen LogP contribution is 2.15. The first kappa shape index (κ1) is 13.0. The highest BCUT2D eigenvalue weighted by atomic mass is 15.2. The molecule has 19 heavy (non-hydrogen) atoms. The van der Waals surface area contributed by atoms with Gasteiger partial charge in [-0.15, -0.1) is 0 Å². The number of rotatable bonds is 4. The van der Waals surface area contributed by atoms with Crippen LogP contribution in [-0.4, -0.2) is 22.9 Å².